The zero-order chi connectivity index (χ0) is 17.2. The molecule has 0 bridgehead atoms. The van der Waals surface area contributed by atoms with Crippen molar-refractivity contribution in [2.24, 2.45) is 4.99 Å². The average molecular weight is 371 g/mol. The zero-order valence-corrected chi connectivity index (χ0v) is 14.1. The van der Waals surface area contributed by atoms with E-state index >= 15 is 0 Å². The summed E-state index contributed by atoms with van der Waals surface area (Å²) in [6.45, 7) is 0.580. The summed E-state index contributed by atoms with van der Waals surface area (Å²) in [6, 6.07) is 12.7. The van der Waals surface area contributed by atoms with E-state index in [0.717, 1.165) is 16.9 Å². The largest absolute Gasteiger partial charge is 0.416 e. The Morgan fingerprint density at radius 1 is 1.17 bits per heavy atom. The van der Waals surface area contributed by atoms with Crippen molar-refractivity contribution < 1.29 is 13.2 Å². The average Bonchev–Trinajstić information content (AvgIpc) is 2.96. The molecule has 0 aromatic heterocycles. The molecule has 0 amide bonds. The summed E-state index contributed by atoms with van der Waals surface area (Å²) < 4.78 is 38.3. The van der Waals surface area contributed by atoms with Gasteiger partial charge in [-0.1, -0.05) is 41.6 Å². The number of nitrogens with one attached hydrogen (secondary N) is 1. The van der Waals surface area contributed by atoms with E-state index < -0.39 is 11.7 Å². The molecule has 0 saturated carbocycles. The Hall–Kier alpha value is -1.66. The fourth-order valence-corrected chi connectivity index (χ4v) is 3.58. The van der Waals surface area contributed by atoms with Gasteiger partial charge in [-0.2, -0.15) is 13.2 Å². The Morgan fingerprint density at radius 3 is 2.62 bits per heavy atom. The molecule has 1 aliphatic heterocycles. The number of hydrogen-bond donors (Lipinski definition) is 1. The highest BCUT2D eigenvalue weighted by Crippen LogP contribution is 2.31. The first-order chi connectivity index (χ1) is 11.4. The highest BCUT2D eigenvalue weighted by atomic mass is 35.5. The lowest BCUT2D eigenvalue weighted by molar-refractivity contribution is -0.137. The quantitative estimate of drug-likeness (QED) is 0.773. The van der Waals surface area contributed by atoms with Gasteiger partial charge in [0.25, 0.3) is 0 Å². The molecule has 1 atom stereocenters. The lowest BCUT2D eigenvalue weighted by Gasteiger charge is -2.12. The topological polar surface area (TPSA) is 24.4 Å². The van der Waals surface area contributed by atoms with Crippen LogP contribution in [-0.4, -0.2) is 17.0 Å². The van der Waals surface area contributed by atoms with Crippen molar-refractivity contribution in [2.45, 2.75) is 17.8 Å². The van der Waals surface area contributed by atoms with E-state index in [1.807, 2.05) is 12.1 Å². The van der Waals surface area contributed by atoms with E-state index in [1.165, 1.54) is 12.1 Å². The van der Waals surface area contributed by atoms with Crippen LogP contribution in [0.25, 0.3) is 0 Å². The molecule has 1 heterocycles. The maximum absolute atomic E-state index is 12.8. The third-order valence-corrected chi connectivity index (χ3v) is 4.89. The van der Waals surface area contributed by atoms with Gasteiger partial charge in [-0.3, -0.25) is 4.99 Å². The van der Waals surface area contributed by atoms with Gasteiger partial charge in [-0.25, -0.2) is 0 Å². The molecule has 2 aromatic rings. The molecule has 0 saturated heterocycles. The van der Waals surface area contributed by atoms with Crippen LogP contribution in [0.2, 0.25) is 5.02 Å². The number of amidine groups is 1. The minimum Gasteiger partial charge on any atom is -0.335 e. The number of anilines is 1. The SMILES string of the molecule is FC(F)(F)c1cccc(CC2CN=C(Nc3ccc(Cl)cc3)S2)c1. The zero-order valence-electron chi connectivity index (χ0n) is 12.5. The summed E-state index contributed by atoms with van der Waals surface area (Å²) in [5, 5.41) is 4.75. The Morgan fingerprint density at radius 2 is 1.92 bits per heavy atom. The summed E-state index contributed by atoms with van der Waals surface area (Å²) in [6.07, 6.45) is -3.76. The number of alkyl halides is 3. The van der Waals surface area contributed by atoms with Gasteiger partial charge < -0.3 is 5.32 Å². The van der Waals surface area contributed by atoms with Crippen molar-refractivity contribution in [2.75, 3.05) is 11.9 Å². The van der Waals surface area contributed by atoms with E-state index in [9.17, 15) is 13.2 Å². The standard InChI is InChI=1S/C17H14ClF3N2S/c18-13-4-6-14(7-5-13)23-16-22-10-15(24-16)9-11-2-1-3-12(8-11)17(19,20)21/h1-8,15H,9-10H2,(H,22,23). The highest BCUT2D eigenvalue weighted by Gasteiger charge is 2.30. The van der Waals surface area contributed by atoms with Gasteiger partial charge in [0.2, 0.25) is 0 Å². The molecule has 126 valence electrons. The fourth-order valence-electron chi connectivity index (χ4n) is 2.39. The number of rotatable bonds is 3. The van der Waals surface area contributed by atoms with Crippen molar-refractivity contribution in [1.82, 2.24) is 0 Å². The number of aliphatic imine (C=N–C) groups is 1. The van der Waals surface area contributed by atoms with Crippen LogP contribution in [-0.2, 0) is 12.6 Å². The van der Waals surface area contributed by atoms with Crippen molar-refractivity contribution in [1.29, 1.82) is 0 Å². The van der Waals surface area contributed by atoms with Gasteiger partial charge in [-0.15, -0.1) is 0 Å². The summed E-state index contributed by atoms with van der Waals surface area (Å²) in [5.41, 5.74) is 0.944. The Labute approximate surface area is 147 Å². The second kappa shape index (κ2) is 7.07. The number of hydrogen-bond acceptors (Lipinski definition) is 3. The normalized spacial score (nSPS) is 17.7. The molecule has 3 rings (SSSR count). The second-order valence-corrected chi connectivity index (χ2v) is 7.15. The first-order valence-corrected chi connectivity index (χ1v) is 8.56. The van der Waals surface area contributed by atoms with E-state index in [2.05, 4.69) is 10.3 Å². The first kappa shape index (κ1) is 17.2. The van der Waals surface area contributed by atoms with Gasteiger partial charge >= 0.3 is 6.18 Å². The molecule has 0 spiro atoms. The number of halogens is 4. The van der Waals surface area contributed by atoms with Crippen LogP contribution < -0.4 is 5.32 Å². The Balaban J connectivity index is 1.58. The van der Waals surface area contributed by atoms with Crippen LogP contribution in [0, 0.1) is 0 Å². The predicted molar refractivity (Wildman–Crippen MR) is 93.9 cm³/mol. The summed E-state index contributed by atoms with van der Waals surface area (Å²) in [5.74, 6) is 0. The van der Waals surface area contributed by atoms with Gasteiger partial charge in [0, 0.05) is 16.0 Å². The Kier molecular flexibility index (Phi) is 5.06. The first-order valence-electron chi connectivity index (χ1n) is 7.30. The van der Waals surface area contributed by atoms with E-state index in [4.69, 9.17) is 11.6 Å². The molecule has 1 N–H and O–H groups in total. The maximum atomic E-state index is 12.8. The van der Waals surface area contributed by atoms with Crippen LogP contribution in [0.1, 0.15) is 11.1 Å². The lowest BCUT2D eigenvalue weighted by atomic mass is 10.1. The lowest BCUT2D eigenvalue weighted by Crippen LogP contribution is -2.11. The molecule has 0 fully saturated rings. The minimum atomic E-state index is -4.31. The molecule has 1 aliphatic rings. The Bertz CT molecular complexity index is 744. The number of nitrogens with zero attached hydrogens (tertiary/aromatic N) is 1. The summed E-state index contributed by atoms with van der Waals surface area (Å²) in [7, 11) is 0. The van der Waals surface area contributed by atoms with Crippen LogP contribution in [0.15, 0.2) is 53.5 Å². The van der Waals surface area contributed by atoms with Gasteiger partial charge in [0.1, 0.15) is 0 Å². The molecular formula is C17H14ClF3N2S. The van der Waals surface area contributed by atoms with Crippen LogP contribution >= 0.6 is 23.4 Å². The molecule has 0 aliphatic carbocycles. The third-order valence-electron chi connectivity index (χ3n) is 3.53. The van der Waals surface area contributed by atoms with Crippen LogP contribution in [0.3, 0.4) is 0 Å². The van der Waals surface area contributed by atoms with E-state index in [1.54, 1.807) is 30.0 Å². The van der Waals surface area contributed by atoms with E-state index in [0.29, 0.717) is 23.6 Å². The molecule has 0 radical (unpaired) electrons. The molecular weight excluding hydrogens is 357 g/mol. The molecule has 7 heteroatoms. The fraction of sp³-hybridized carbons (Fsp3) is 0.235. The number of benzene rings is 2. The smallest absolute Gasteiger partial charge is 0.335 e. The van der Waals surface area contributed by atoms with Crippen molar-refractivity contribution in [3.63, 3.8) is 0 Å². The van der Waals surface area contributed by atoms with Gasteiger partial charge in [0.05, 0.1) is 12.1 Å². The summed E-state index contributed by atoms with van der Waals surface area (Å²) in [4.78, 5) is 4.42. The van der Waals surface area contributed by atoms with Crippen molar-refractivity contribution in [3.05, 3.63) is 64.7 Å². The summed E-state index contributed by atoms with van der Waals surface area (Å²) >= 11 is 7.39. The molecule has 24 heavy (non-hydrogen) atoms. The van der Waals surface area contributed by atoms with Gasteiger partial charge in [0.15, 0.2) is 5.17 Å². The molecule has 2 nitrogen and oxygen atoms in total. The third kappa shape index (κ3) is 4.45. The monoisotopic (exact) mass is 370 g/mol. The number of thioether (sulfide) groups is 1. The van der Waals surface area contributed by atoms with E-state index in [-0.39, 0.29) is 5.25 Å². The van der Waals surface area contributed by atoms with Crippen LogP contribution in [0.5, 0.6) is 0 Å². The molecule has 1 unspecified atom stereocenters. The van der Waals surface area contributed by atoms with Crippen LogP contribution in [0.4, 0.5) is 18.9 Å². The second-order valence-electron chi connectivity index (χ2n) is 5.42. The predicted octanol–water partition coefficient (Wildman–Crippen LogP) is 5.48. The van der Waals surface area contributed by atoms with Crippen molar-refractivity contribution >= 4 is 34.2 Å². The highest BCUT2D eigenvalue weighted by molar-refractivity contribution is 8.15. The maximum Gasteiger partial charge on any atom is 0.416 e. The molecule has 2 aromatic carbocycles. The van der Waals surface area contributed by atoms with Gasteiger partial charge in [-0.05, 0) is 42.3 Å². The minimum absolute atomic E-state index is 0.128. The van der Waals surface area contributed by atoms with Crippen molar-refractivity contribution in [3.8, 4) is 0 Å².